The van der Waals surface area contributed by atoms with Crippen LogP contribution < -0.4 is 4.74 Å². The van der Waals surface area contributed by atoms with Gasteiger partial charge in [-0.15, -0.1) is 0 Å². The number of pyridine rings is 1. The lowest BCUT2D eigenvalue weighted by atomic mass is 9.87. The average molecular weight is 273 g/mol. The van der Waals surface area contributed by atoms with Crippen molar-refractivity contribution in [1.29, 1.82) is 0 Å². The highest BCUT2D eigenvalue weighted by Gasteiger charge is 2.26. The van der Waals surface area contributed by atoms with Crippen molar-refractivity contribution < 1.29 is 4.74 Å². The number of hydrogen-bond donors (Lipinski definition) is 1. The predicted octanol–water partition coefficient (Wildman–Crippen LogP) is 2.94. The van der Waals surface area contributed by atoms with Crippen molar-refractivity contribution in [2.75, 3.05) is 20.1 Å². The molecule has 1 saturated heterocycles. The van der Waals surface area contributed by atoms with Crippen LogP contribution in [-0.2, 0) is 5.41 Å². The number of H-pyrrole nitrogens is 1. The minimum atomic E-state index is 0.0261. The summed E-state index contributed by atoms with van der Waals surface area (Å²) in [5, 5.41) is 1.14. The Labute approximate surface area is 120 Å². The first-order chi connectivity index (χ1) is 9.43. The van der Waals surface area contributed by atoms with Gasteiger partial charge in [0.1, 0.15) is 11.8 Å². The van der Waals surface area contributed by atoms with E-state index in [1.807, 2.05) is 6.20 Å². The molecule has 1 N–H and O–H groups in total. The third kappa shape index (κ3) is 2.52. The van der Waals surface area contributed by atoms with Gasteiger partial charge in [0.15, 0.2) is 0 Å². The van der Waals surface area contributed by atoms with Crippen LogP contribution in [0.1, 0.15) is 32.8 Å². The minimum absolute atomic E-state index is 0.0261. The van der Waals surface area contributed by atoms with Crippen LogP contribution in [0.5, 0.6) is 5.88 Å². The Morgan fingerprint density at radius 3 is 2.85 bits per heavy atom. The zero-order valence-corrected chi connectivity index (χ0v) is 12.7. The summed E-state index contributed by atoms with van der Waals surface area (Å²) in [7, 11) is 2.13. The maximum atomic E-state index is 6.21. The van der Waals surface area contributed by atoms with Crippen molar-refractivity contribution in [2.24, 2.45) is 0 Å². The maximum absolute atomic E-state index is 6.21. The lowest BCUT2D eigenvalue weighted by molar-refractivity contribution is 0.196. The molecule has 20 heavy (non-hydrogen) atoms. The van der Waals surface area contributed by atoms with Crippen molar-refractivity contribution in [3.63, 3.8) is 0 Å². The lowest BCUT2D eigenvalue weighted by Crippen LogP contribution is -2.24. The number of fused-ring (bicyclic) bond motifs is 1. The molecule has 0 bridgehead atoms. The quantitative estimate of drug-likeness (QED) is 0.914. The van der Waals surface area contributed by atoms with Crippen LogP contribution in [0.3, 0.4) is 0 Å². The highest BCUT2D eigenvalue weighted by molar-refractivity contribution is 5.77. The van der Waals surface area contributed by atoms with E-state index < -0.39 is 0 Å². The van der Waals surface area contributed by atoms with E-state index in [9.17, 15) is 0 Å². The van der Waals surface area contributed by atoms with Crippen LogP contribution in [0.4, 0.5) is 0 Å². The van der Waals surface area contributed by atoms with E-state index in [0.29, 0.717) is 0 Å². The molecule has 0 saturated carbocycles. The normalized spacial score (nSPS) is 20.7. The number of nitrogens with one attached hydrogen (secondary N) is 1. The Balaban J connectivity index is 1.98. The van der Waals surface area contributed by atoms with Gasteiger partial charge in [0, 0.05) is 30.2 Å². The van der Waals surface area contributed by atoms with E-state index in [1.54, 1.807) is 0 Å². The van der Waals surface area contributed by atoms with Gasteiger partial charge in [0.05, 0.1) is 0 Å². The molecule has 0 aliphatic carbocycles. The van der Waals surface area contributed by atoms with Gasteiger partial charge >= 0.3 is 0 Å². The first kappa shape index (κ1) is 13.4. The minimum Gasteiger partial charge on any atom is -0.473 e. The molecular weight excluding hydrogens is 250 g/mol. The fourth-order valence-corrected chi connectivity index (χ4v) is 2.74. The molecule has 3 rings (SSSR count). The van der Waals surface area contributed by atoms with E-state index in [0.717, 1.165) is 36.4 Å². The maximum Gasteiger partial charge on any atom is 0.219 e. The molecule has 2 aromatic rings. The molecule has 4 heteroatoms. The number of ether oxygens (including phenoxy) is 1. The van der Waals surface area contributed by atoms with Crippen LogP contribution in [0.15, 0.2) is 18.3 Å². The molecule has 0 amide bonds. The van der Waals surface area contributed by atoms with Crippen LogP contribution in [0.2, 0.25) is 0 Å². The van der Waals surface area contributed by atoms with Gasteiger partial charge in [-0.2, -0.15) is 4.98 Å². The van der Waals surface area contributed by atoms with Crippen molar-refractivity contribution in [1.82, 2.24) is 14.9 Å². The summed E-state index contributed by atoms with van der Waals surface area (Å²) in [6, 6.07) is 4.26. The average Bonchev–Trinajstić information content (AvgIpc) is 2.95. The molecule has 2 aromatic heterocycles. The Morgan fingerprint density at radius 1 is 1.40 bits per heavy atom. The van der Waals surface area contributed by atoms with E-state index in [2.05, 4.69) is 49.8 Å². The topological polar surface area (TPSA) is 41.1 Å². The number of aromatic nitrogens is 2. The van der Waals surface area contributed by atoms with Crippen molar-refractivity contribution in [3.8, 4) is 5.88 Å². The lowest BCUT2D eigenvalue weighted by Gasteiger charge is -2.24. The molecule has 108 valence electrons. The number of rotatable bonds is 2. The van der Waals surface area contributed by atoms with E-state index in [-0.39, 0.29) is 11.5 Å². The van der Waals surface area contributed by atoms with Gasteiger partial charge in [-0.1, -0.05) is 20.8 Å². The SMILES string of the molecule is CN1CCC(Oc2nc3[nH]ccc3cc2C(C)(C)C)C1. The van der Waals surface area contributed by atoms with Crippen LogP contribution in [0, 0.1) is 0 Å². The van der Waals surface area contributed by atoms with E-state index in [4.69, 9.17) is 9.72 Å². The second kappa shape index (κ2) is 4.77. The second-order valence-electron chi connectivity index (χ2n) is 6.80. The number of likely N-dealkylation sites (N-methyl/N-ethyl adjacent to an activating group) is 1. The molecule has 1 aliphatic heterocycles. The molecule has 1 aliphatic rings. The number of hydrogen-bond acceptors (Lipinski definition) is 3. The van der Waals surface area contributed by atoms with Gasteiger partial charge in [-0.25, -0.2) is 0 Å². The fraction of sp³-hybridized carbons (Fsp3) is 0.562. The summed E-state index contributed by atoms with van der Waals surface area (Å²) in [4.78, 5) is 10.2. The summed E-state index contributed by atoms with van der Waals surface area (Å²) < 4.78 is 6.21. The van der Waals surface area contributed by atoms with Gasteiger partial charge < -0.3 is 14.6 Å². The number of aromatic amines is 1. The highest BCUT2D eigenvalue weighted by Crippen LogP contribution is 2.33. The smallest absolute Gasteiger partial charge is 0.219 e. The summed E-state index contributed by atoms with van der Waals surface area (Å²) in [6.45, 7) is 8.69. The molecule has 0 radical (unpaired) electrons. The molecular formula is C16H23N3O. The third-order valence-corrected chi connectivity index (χ3v) is 3.93. The molecule has 0 aromatic carbocycles. The van der Waals surface area contributed by atoms with Gasteiger partial charge in [0.2, 0.25) is 5.88 Å². The first-order valence-electron chi connectivity index (χ1n) is 7.27. The predicted molar refractivity (Wildman–Crippen MR) is 81.3 cm³/mol. The monoisotopic (exact) mass is 273 g/mol. The Hall–Kier alpha value is -1.55. The van der Waals surface area contributed by atoms with E-state index >= 15 is 0 Å². The fourth-order valence-electron chi connectivity index (χ4n) is 2.74. The molecule has 1 unspecified atom stereocenters. The Bertz CT molecular complexity index is 612. The Morgan fingerprint density at radius 2 is 2.20 bits per heavy atom. The highest BCUT2D eigenvalue weighted by atomic mass is 16.5. The summed E-state index contributed by atoms with van der Waals surface area (Å²) >= 11 is 0. The molecule has 0 spiro atoms. The van der Waals surface area contributed by atoms with Crippen molar-refractivity contribution in [3.05, 3.63) is 23.9 Å². The molecule has 4 nitrogen and oxygen atoms in total. The summed E-state index contributed by atoms with van der Waals surface area (Å²) in [5.41, 5.74) is 2.11. The number of nitrogens with zero attached hydrogens (tertiary/aromatic N) is 2. The second-order valence-corrected chi connectivity index (χ2v) is 6.80. The zero-order valence-electron chi connectivity index (χ0n) is 12.7. The Kier molecular flexibility index (Phi) is 3.21. The first-order valence-corrected chi connectivity index (χ1v) is 7.27. The largest absolute Gasteiger partial charge is 0.473 e. The van der Waals surface area contributed by atoms with Crippen molar-refractivity contribution in [2.45, 2.75) is 38.7 Å². The van der Waals surface area contributed by atoms with E-state index in [1.165, 1.54) is 5.56 Å². The van der Waals surface area contributed by atoms with Gasteiger partial charge in [-0.05, 0) is 31.0 Å². The zero-order chi connectivity index (χ0) is 14.3. The van der Waals surface area contributed by atoms with Crippen LogP contribution in [-0.4, -0.2) is 41.1 Å². The summed E-state index contributed by atoms with van der Waals surface area (Å²) in [6.07, 6.45) is 3.25. The van der Waals surface area contributed by atoms with Gasteiger partial charge in [0.25, 0.3) is 0 Å². The molecule has 1 atom stereocenters. The molecule has 3 heterocycles. The van der Waals surface area contributed by atoms with Crippen LogP contribution in [0.25, 0.3) is 11.0 Å². The van der Waals surface area contributed by atoms with Gasteiger partial charge in [-0.3, -0.25) is 0 Å². The van der Waals surface area contributed by atoms with Crippen LogP contribution >= 0.6 is 0 Å². The summed E-state index contributed by atoms with van der Waals surface area (Å²) in [5.74, 6) is 0.785. The molecule has 1 fully saturated rings. The van der Waals surface area contributed by atoms with Crippen molar-refractivity contribution >= 4 is 11.0 Å². The number of likely N-dealkylation sites (tertiary alicyclic amines) is 1. The third-order valence-electron chi connectivity index (χ3n) is 3.93. The standard InChI is InChI=1S/C16H23N3O/c1-16(2,3)13-9-11-5-7-17-14(11)18-15(13)20-12-6-8-19(4)10-12/h5,7,9,12H,6,8,10H2,1-4H3,(H,17,18).